The van der Waals surface area contributed by atoms with Crippen LogP contribution in [0.15, 0.2) is 41.9 Å². The second-order valence-corrected chi connectivity index (χ2v) is 10.9. The molecule has 3 aromatic rings. The van der Waals surface area contributed by atoms with Gasteiger partial charge < -0.3 is 15.5 Å². The molecule has 7 nitrogen and oxygen atoms in total. The minimum atomic E-state index is -0.474. The Morgan fingerprint density at radius 3 is 2.72 bits per heavy atom. The highest BCUT2D eigenvalue weighted by atomic mass is 32.1. The Morgan fingerprint density at radius 2 is 1.92 bits per heavy atom. The molecule has 2 fully saturated rings. The predicted molar refractivity (Wildman–Crippen MR) is 144 cm³/mol. The minimum Gasteiger partial charge on any atom is -0.343 e. The summed E-state index contributed by atoms with van der Waals surface area (Å²) in [6.45, 7) is 2.54. The molecule has 3 heterocycles. The summed E-state index contributed by atoms with van der Waals surface area (Å²) in [6, 6.07) is 9.27. The Labute approximate surface area is 216 Å². The first-order chi connectivity index (χ1) is 17.6. The monoisotopic (exact) mass is 505 g/mol. The highest BCUT2D eigenvalue weighted by molar-refractivity contribution is 7.10. The number of benzene rings is 1. The van der Waals surface area contributed by atoms with Crippen LogP contribution >= 0.6 is 11.3 Å². The van der Waals surface area contributed by atoms with E-state index in [-0.39, 0.29) is 29.8 Å². The lowest BCUT2D eigenvalue weighted by molar-refractivity contribution is -0.139. The van der Waals surface area contributed by atoms with E-state index in [9.17, 15) is 9.59 Å². The fraction of sp³-hybridized carbons (Fsp3) is 0.500. The molecule has 2 aromatic heterocycles. The van der Waals surface area contributed by atoms with Gasteiger partial charge in [0.25, 0.3) is 0 Å². The van der Waals surface area contributed by atoms with Crippen LogP contribution in [0, 0.1) is 5.92 Å². The molecule has 2 N–H and O–H groups in total. The number of likely N-dealkylation sites (tertiary alicyclic amines) is 1. The molecule has 0 spiro atoms. The fourth-order valence-corrected chi connectivity index (χ4v) is 6.58. The van der Waals surface area contributed by atoms with Crippen LogP contribution in [0.2, 0.25) is 0 Å². The second-order valence-electron chi connectivity index (χ2n) is 10.0. The van der Waals surface area contributed by atoms with Gasteiger partial charge in [0.2, 0.25) is 11.8 Å². The number of thiazole rings is 1. The zero-order valence-electron chi connectivity index (χ0n) is 21.1. The topological polar surface area (TPSA) is 87.2 Å². The molecule has 0 unspecified atom stereocenters. The Morgan fingerprint density at radius 1 is 1.08 bits per heavy atom. The van der Waals surface area contributed by atoms with Crippen molar-refractivity contribution in [1.29, 1.82) is 0 Å². The average molecular weight is 506 g/mol. The number of fused-ring (bicyclic) bond motifs is 1. The minimum absolute atomic E-state index is 0.0472. The number of carbonyl (C=O) groups is 2. The van der Waals surface area contributed by atoms with Crippen molar-refractivity contribution in [2.45, 2.75) is 70.0 Å². The molecule has 5 rings (SSSR count). The number of rotatable bonds is 7. The number of aromatic nitrogens is 2. The first-order valence-corrected chi connectivity index (χ1v) is 14.0. The summed E-state index contributed by atoms with van der Waals surface area (Å²) in [6.07, 6.45) is 9.06. The van der Waals surface area contributed by atoms with Crippen molar-refractivity contribution < 1.29 is 9.59 Å². The Bertz CT molecular complexity index is 1220. The quantitative estimate of drug-likeness (QED) is 0.486. The van der Waals surface area contributed by atoms with Gasteiger partial charge in [-0.15, -0.1) is 11.3 Å². The Balaban J connectivity index is 1.40. The molecule has 1 aromatic carbocycles. The number of nitrogens with zero attached hydrogens (tertiary/aromatic N) is 3. The molecule has 8 heteroatoms. The van der Waals surface area contributed by atoms with Gasteiger partial charge in [0.15, 0.2) is 0 Å². The summed E-state index contributed by atoms with van der Waals surface area (Å²) in [5.74, 6) is 0.126. The molecule has 1 saturated carbocycles. The van der Waals surface area contributed by atoms with Crippen LogP contribution in [0.4, 0.5) is 0 Å². The SMILES string of the molecule is CN[C@@H](C)C(=O)N[C@H](C(=O)N1CCC[C@H]1c1nc(-c2cccc3ncccc23)cs1)C1CCCCC1. The van der Waals surface area contributed by atoms with Crippen LogP contribution < -0.4 is 10.6 Å². The summed E-state index contributed by atoms with van der Waals surface area (Å²) in [4.78, 5) is 38.3. The number of carbonyl (C=O) groups excluding carboxylic acids is 2. The molecule has 2 aliphatic rings. The number of hydrogen-bond donors (Lipinski definition) is 2. The van der Waals surface area contributed by atoms with Crippen LogP contribution in [0.5, 0.6) is 0 Å². The van der Waals surface area contributed by atoms with Gasteiger partial charge in [-0.1, -0.05) is 37.5 Å². The summed E-state index contributed by atoms with van der Waals surface area (Å²) in [7, 11) is 1.77. The third-order valence-electron chi connectivity index (χ3n) is 7.78. The van der Waals surface area contributed by atoms with Crippen molar-refractivity contribution in [2.24, 2.45) is 5.92 Å². The molecule has 190 valence electrons. The van der Waals surface area contributed by atoms with Crippen LogP contribution in [-0.4, -0.2) is 52.4 Å². The molecule has 0 bridgehead atoms. The van der Waals surface area contributed by atoms with E-state index in [4.69, 9.17) is 4.98 Å². The number of hydrogen-bond acceptors (Lipinski definition) is 6. The number of nitrogens with one attached hydrogen (secondary N) is 2. The lowest BCUT2D eigenvalue weighted by Crippen LogP contribution is -2.55. The molecule has 1 saturated heterocycles. The van der Waals surface area contributed by atoms with Gasteiger partial charge >= 0.3 is 0 Å². The van der Waals surface area contributed by atoms with Crippen molar-refractivity contribution in [3.05, 3.63) is 46.9 Å². The van der Waals surface area contributed by atoms with Crippen molar-refractivity contribution in [1.82, 2.24) is 25.5 Å². The maximum Gasteiger partial charge on any atom is 0.246 e. The first-order valence-electron chi connectivity index (χ1n) is 13.1. The largest absolute Gasteiger partial charge is 0.343 e. The van der Waals surface area contributed by atoms with Crippen molar-refractivity contribution in [3.8, 4) is 11.3 Å². The van der Waals surface area contributed by atoms with E-state index in [1.165, 1.54) is 6.42 Å². The molecule has 0 radical (unpaired) electrons. The van der Waals surface area contributed by atoms with Crippen molar-refractivity contribution in [3.63, 3.8) is 0 Å². The summed E-state index contributed by atoms with van der Waals surface area (Å²) in [5.41, 5.74) is 2.93. The van der Waals surface area contributed by atoms with Crippen LogP contribution in [0.3, 0.4) is 0 Å². The summed E-state index contributed by atoms with van der Waals surface area (Å²) in [5, 5.41) is 10.3. The molecule has 1 aliphatic carbocycles. The second kappa shape index (κ2) is 11.0. The maximum atomic E-state index is 14.0. The third kappa shape index (κ3) is 5.02. The number of likely N-dealkylation sites (N-methyl/N-ethyl adjacent to an activating group) is 1. The first kappa shape index (κ1) is 24.8. The van der Waals surface area contributed by atoms with Gasteiger partial charge in [-0.05, 0) is 57.7 Å². The third-order valence-corrected chi connectivity index (χ3v) is 8.72. The summed E-state index contributed by atoms with van der Waals surface area (Å²) >= 11 is 1.62. The van der Waals surface area contributed by atoms with Gasteiger partial charge in [-0.25, -0.2) is 4.98 Å². The van der Waals surface area contributed by atoms with Crippen LogP contribution in [-0.2, 0) is 9.59 Å². The van der Waals surface area contributed by atoms with Gasteiger partial charge in [0.1, 0.15) is 11.0 Å². The average Bonchev–Trinajstić information content (AvgIpc) is 3.61. The van der Waals surface area contributed by atoms with E-state index in [1.54, 1.807) is 24.6 Å². The Kier molecular flexibility index (Phi) is 7.62. The number of pyridine rings is 1. The zero-order chi connectivity index (χ0) is 25.1. The maximum absolute atomic E-state index is 14.0. The van der Waals surface area contributed by atoms with Crippen molar-refractivity contribution in [2.75, 3.05) is 13.6 Å². The van der Waals surface area contributed by atoms with E-state index in [0.29, 0.717) is 6.54 Å². The van der Waals surface area contributed by atoms with Gasteiger partial charge in [-0.3, -0.25) is 14.6 Å². The highest BCUT2D eigenvalue weighted by Crippen LogP contribution is 2.38. The zero-order valence-corrected chi connectivity index (χ0v) is 21.9. The van der Waals surface area contributed by atoms with Crippen molar-refractivity contribution >= 4 is 34.1 Å². The number of amides is 2. The van der Waals surface area contributed by atoms with Gasteiger partial charge in [0.05, 0.1) is 23.3 Å². The van der Waals surface area contributed by atoms with E-state index >= 15 is 0 Å². The normalized spacial score (nSPS) is 20.4. The molecular weight excluding hydrogens is 470 g/mol. The van der Waals surface area contributed by atoms with Crippen LogP contribution in [0.1, 0.15) is 62.9 Å². The molecule has 1 aliphatic heterocycles. The molecular formula is C28H35N5O2S. The highest BCUT2D eigenvalue weighted by Gasteiger charge is 2.40. The van der Waals surface area contributed by atoms with E-state index in [2.05, 4.69) is 33.1 Å². The Hall–Kier alpha value is -2.84. The van der Waals surface area contributed by atoms with Gasteiger partial charge in [-0.2, -0.15) is 0 Å². The van der Waals surface area contributed by atoms with E-state index in [0.717, 1.165) is 65.7 Å². The van der Waals surface area contributed by atoms with Crippen LogP contribution in [0.25, 0.3) is 22.2 Å². The molecule has 3 atom stereocenters. The van der Waals surface area contributed by atoms with E-state index in [1.807, 2.05) is 30.0 Å². The fourth-order valence-electron chi connectivity index (χ4n) is 5.62. The van der Waals surface area contributed by atoms with Gasteiger partial charge in [0, 0.05) is 29.1 Å². The standard InChI is InChI=1S/C28H35N5O2S/c1-18(29-2)26(34)32-25(19-9-4-3-5-10-19)28(35)33-16-8-14-24(33)27-31-23(17-36-27)21-11-6-13-22-20(21)12-7-15-30-22/h6-7,11-13,15,17-19,24-25,29H,3-5,8-10,14,16H2,1-2H3,(H,32,34)/t18-,24-,25-/m0/s1. The van der Waals surface area contributed by atoms with E-state index < -0.39 is 6.04 Å². The summed E-state index contributed by atoms with van der Waals surface area (Å²) < 4.78 is 0. The lowest BCUT2D eigenvalue weighted by atomic mass is 9.83. The predicted octanol–water partition coefficient (Wildman–Crippen LogP) is 4.69. The molecule has 2 amide bonds. The lowest BCUT2D eigenvalue weighted by Gasteiger charge is -2.35. The smallest absolute Gasteiger partial charge is 0.246 e. The molecule has 36 heavy (non-hydrogen) atoms.